The Hall–Kier alpha value is -6.91. The molecule has 0 aliphatic rings. The lowest BCUT2D eigenvalue weighted by atomic mass is 9.90. The van der Waals surface area contributed by atoms with Crippen molar-refractivity contribution in [3.8, 4) is 50.5 Å². The molecule has 0 bridgehead atoms. The molecular weight excluding hydrogens is 621 g/mol. The summed E-state index contributed by atoms with van der Waals surface area (Å²) in [6.07, 6.45) is 5.65. The van der Waals surface area contributed by atoms with E-state index in [0.717, 1.165) is 56.1 Å². The van der Waals surface area contributed by atoms with E-state index in [4.69, 9.17) is 9.97 Å². The number of imidazole rings is 1. The molecule has 0 saturated heterocycles. The number of hydrogen-bond acceptors (Lipinski definition) is 3. The lowest BCUT2D eigenvalue weighted by Crippen LogP contribution is -1.99. The number of nitrogens with zero attached hydrogens (tertiary/aromatic N) is 4. The van der Waals surface area contributed by atoms with Crippen LogP contribution in [0.2, 0.25) is 0 Å². The number of para-hydroxylation sites is 1. The molecule has 0 aliphatic heterocycles. The summed E-state index contributed by atoms with van der Waals surface area (Å²) in [5, 5.41) is 7.31. The number of pyridine rings is 2. The minimum Gasteiger partial charge on any atom is -0.277 e. The van der Waals surface area contributed by atoms with Crippen LogP contribution in [0.1, 0.15) is 0 Å². The molecule has 4 heteroatoms. The Labute approximate surface area is 295 Å². The zero-order chi connectivity index (χ0) is 33.7. The first kappa shape index (κ1) is 29.0. The van der Waals surface area contributed by atoms with Crippen LogP contribution in [0.15, 0.2) is 182 Å². The largest absolute Gasteiger partial charge is 0.277 e. The van der Waals surface area contributed by atoms with Gasteiger partial charge in [-0.1, -0.05) is 109 Å². The van der Waals surface area contributed by atoms with Crippen molar-refractivity contribution < 1.29 is 0 Å². The Balaban J connectivity index is 1.27. The predicted molar refractivity (Wildman–Crippen MR) is 211 cm³/mol. The first-order valence-electron chi connectivity index (χ1n) is 17.2. The summed E-state index contributed by atoms with van der Waals surface area (Å²) in [6, 6.07) is 58.2. The summed E-state index contributed by atoms with van der Waals surface area (Å²) in [5.41, 5.74) is 10.2. The van der Waals surface area contributed by atoms with E-state index in [9.17, 15) is 0 Å². The number of rotatable bonds is 5. The predicted octanol–water partition coefficient (Wildman–Crippen LogP) is 11.9. The quantitative estimate of drug-likeness (QED) is 0.174. The lowest BCUT2D eigenvalue weighted by Gasteiger charge is -2.15. The van der Waals surface area contributed by atoms with Crippen LogP contribution in [-0.2, 0) is 0 Å². The molecule has 0 amide bonds. The van der Waals surface area contributed by atoms with Crippen molar-refractivity contribution in [2.45, 2.75) is 0 Å². The highest BCUT2D eigenvalue weighted by Crippen LogP contribution is 2.40. The highest BCUT2D eigenvalue weighted by atomic mass is 15.1. The molecule has 0 spiro atoms. The minimum absolute atomic E-state index is 0.811. The van der Waals surface area contributed by atoms with Crippen molar-refractivity contribution in [3.05, 3.63) is 182 Å². The monoisotopic (exact) mass is 650 g/mol. The normalized spacial score (nSPS) is 11.5. The fraction of sp³-hybridized carbons (Fsp3) is 0. The van der Waals surface area contributed by atoms with Gasteiger partial charge in [-0.15, -0.1) is 0 Å². The average Bonchev–Trinajstić information content (AvgIpc) is 3.61. The maximum absolute atomic E-state index is 5.48. The lowest BCUT2D eigenvalue weighted by molar-refractivity contribution is 1.08. The fourth-order valence-corrected chi connectivity index (χ4v) is 7.48. The minimum atomic E-state index is 0.811. The molecule has 0 fully saturated rings. The van der Waals surface area contributed by atoms with E-state index in [1.165, 1.54) is 37.9 Å². The summed E-state index contributed by atoms with van der Waals surface area (Å²) >= 11 is 0. The summed E-state index contributed by atoms with van der Waals surface area (Å²) in [5.74, 6) is 0.828. The van der Waals surface area contributed by atoms with Crippen LogP contribution >= 0.6 is 0 Å². The molecule has 7 aromatic carbocycles. The zero-order valence-corrected chi connectivity index (χ0v) is 27.6. The van der Waals surface area contributed by atoms with E-state index >= 15 is 0 Å². The second-order valence-electron chi connectivity index (χ2n) is 12.9. The number of fused-ring (bicyclic) bond motifs is 5. The maximum atomic E-state index is 5.48. The topological polar surface area (TPSA) is 43.6 Å². The molecular formula is C47H30N4. The Bertz CT molecular complexity index is 2910. The van der Waals surface area contributed by atoms with E-state index in [1.54, 1.807) is 0 Å². The molecule has 0 atom stereocenters. The Morgan fingerprint density at radius 2 is 1.14 bits per heavy atom. The van der Waals surface area contributed by atoms with Gasteiger partial charge >= 0.3 is 0 Å². The van der Waals surface area contributed by atoms with E-state index in [-0.39, 0.29) is 0 Å². The van der Waals surface area contributed by atoms with Crippen molar-refractivity contribution in [1.29, 1.82) is 0 Å². The molecule has 0 unspecified atom stereocenters. The van der Waals surface area contributed by atoms with Crippen molar-refractivity contribution in [2.24, 2.45) is 0 Å². The van der Waals surface area contributed by atoms with Gasteiger partial charge in [-0.25, -0.2) is 9.97 Å². The second-order valence-corrected chi connectivity index (χ2v) is 12.9. The summed E-state index contributed by atoms with van der Waals surface area (Å²) in [7, 11) is 0. The van der Waals surface area contributed by atoms with E-state index in [0.29, 0.717) is 0 Å². The van der Waals surface area contributed by atoms with E-state index < -0.39 is 0 Å². The van der Waals surface area contributed by atoms with Gasteiger partial charge in [-0.2, -0.15) is 0 Å². The smallest absolute Gasteiger partial charge is 0.165 e. The third-order valence-electron chi connectivity index (χ3n) is 9.89. The third-order valence-corrected chi connectivity index (χ3v) is 9.89. The molecule has 3 aromatic heterocycles. The number of hydrogen-bond donors (Lipinski definition) is 0. The number of aromatic nitrogens is 4. The molecule has 10 aromatic rings. The molecule has 10 rings (SSSR count). The third kappa shape index (κ3) is 4.96. The van der Waals surface area contributed by atoms with Crippen LogP contribution in [0.3, 0.4) is 0 Å². The van der Waals surface area contributed by atoms with Gasteiger partial charge in [-0.3, -0.25) is 9.55 Å². The summed E-state index contributed by atoms with van der Waals surface area (Å²) in [6.45, 7) is 0. The Morgan fingerprint density at radius 1 is 0.412 bits per heavy atom. The highest BCUT2D eigenvalue weighted by Gasteiger charge is 2.21. The van der Waals surface area contributed by atoms with Crippen LogP contribution in [-0.4, -0.2) is 19.5 Å². The van der Waals surface area contributed by atoms with E-state index in [1.807, 2.05) is 30.7 Å². The first-order chi connectivity index (χ1) is 25.3. The Morgan fingerprint density at radius 3 is 1.98 bits per heavy atom. The molecule has 0 aliphatic carbocycles. The summed E-state index contributed by atoms with van der Waals surface area (Å²) < 4.78 is 2.20. The van der Waals surface area contributed by atoms with Crippen molar-refractivity contribution in [1.82, 2.24) is 19.5 Å². The first-order valence-corrected chi connectivity index (χ1v) is 17.2. The molecule has 0 saturated carbocycles. The summed E-state index contributed by atoms with van der Waals surface area (Å²) in [4.78, 5) is 15.0. The molecule has 4 nitrogen and oxygen atoms in total. The van der Waals surface area contributed by atoms with Crippen LogP contribution in [0.4, 0.5) is 0 Å². The fourth-order valence-electron chi connectivity index (χ4n) is 7.48. The Kier molecular flexibility index (Phi) is 6.78. The van der Waals surface area contributed by atoms with Crippen molar-refractivity contribution >= 4 is 43.5 Å². The van der Waals surface area contributed by atoms with Crippen molar-refractivity contribution in [3.63, 3.8) is 0 Å². The standard InChI is InChI=1S/C47H30N4/c1-2-15-39(16-3-1)51-46(50-45-41(22-24-49-47(45)51)34-21-20-31-11-4-5-12-32(31)25-34)38-27-36(35-14-10-23-48-30-35)26-37(28-38)44-29-33-13-6-7-17-40(33)42-18-8-9-19-43(42)44/h1-30H. The van der Waals surface area contributed by atoms with Gasteiger partial charge in [0.25, 0.3) is 0 Å². The molecule has 51 heavy (non-hydrogen) atoms. The second kappa shape index (κ2) is 11.9. The van der Waals surface area contributed by atoms with Gasteiger partial charge in [0.2, 0.25) is 0 Å². The van der Waals surface area contributed by atoms with Gasteiger partial charge in [0, 0.05) is 41.0 Å². The van der Waals surface area contributed by atoms with Gasteiger partial charge < -0.3 is 0 Å². The van der Waals surface area contributed by atoms with Gasteiger partial charge in [0.1, 0.15) is 11.3 Å². The maximum Gasteiger partial charge on any atom is 0.165 e. The average molecular weight is 651 g/mol. The van der Waals surface area contributed by atoms with Crippen LogP contribution < -0.4 is 0 Å². The highest BCUT2D eigenvalue weighted by molar-refractivity contribution is 6.14. The van der Waals surface area contributed by atoms with Crippen molar-refractivity contribution in [2.75, 3.05) is 0 Å². The van der Waals surface area contributed by atoms with Crippen LogP contribution in [0.5, 0.6) is 0 Å². The van der Waals surface area contributed by atoms with E-state index in [2.05, 4.69) is 161 Å². The molecule has 0 N–H and O–H groups in total. The number of benzene rings is 7. The zero-order valence-electron chi connectivity index (χ0n) is 27.6. The van der Waals surface area contributed by atoms with Crippen LogP contribution in [0, 0.1) is 0 Å². The van der Waals surface area contributed by atoms with Crippen LogP contribution in [0.25, 0.3) is 93.9 Å². The molecule has 238 valence electrons. The molecule has 0 radical (unpaired) electrons. The van der Waals surface area contributed by atoms with Gasteiger partial charge in [0.05, 0.1) is 0 Å². The van der Waals surface area contributed by atoms with Gasteiger partial charge in [-0.05, 0) is 109 Å². The SMILES string of the molecule is c1ccc(-n2c(-c3cc(-c4cccnc4)cc(-c4cc5ccccc5c5ccccc45)c3)nc3c(-c4ccc5ccccc5c4)ccnc32)cc1. The van der Waals surface area contributed by atoms with Gasteiger partial charge in [0.15, 0.2) is 5.65 Å². The molecule has 3 heterocycles.